The third-order valence-electron chi connectivity index (χ3n) is 3.53. The number of hydrogen-bond donors (Lipinski definition) is 1. The Morgan fingerprint density at radius 1 is 1.33 bits per heavy atom. The molecule has 1 amide bonds. The van der Waals surface area contributed by atoms with Crippen molar-refractivity contribution in [1.82, 2.24) is 20.1 Å². The van der Waals surface area contributed by atoms with Gasteiger partial charge in [-0.1, -0.05) is 0 Å². The molecule has 0 saturated carbocycles. The topological polar surface area (TPSA) is 88.2 Å². The Morgan fingerprint density at radius 2 is 2.10 bits per heavy atom. The van der Waals surface area contributed by atoms with Crippen LogP contribution in [-0.2, 0) is 17.7 Å². The molecule has 108 valence electrons. The number of hydrogen-bond acceptors (Lipinski definition) is 5. The van der Waals surface area contributed by atoms with E-state index in [2.05, 4.69) is 15.2 Å². The average Bonchev–Trinajstić information content (AvgIpc) is 2.97. The summed E-state index contributed by atoms with van der Waals surface area (Å²) in [7, 11) is 1.32. The van der Waals surface area contributed by atoms with E-state index < -0.39 is 5.97 Å². The lowest BCUT2D eigenvalue weighted by Gasteiger charge is -2.26. The van der Waals surface area contributed by atoms with Crippen LogP contribution < -0.4 is 0 Å². The largest absolute Gasteiger partial charge is 0.464 e. The molecule has 2 aromatic rings. The van der Waals surface area contributed by atoms with Gasteiger partial charge in [0.2, 0.25) is 0 Å². The molecule has 7 nitrogen and oxygen atoms in total. The number of methoxy groups -OCH3 is 1. The Bertz CT molecular complexity index is 681. The van der Waals surface area contributed by atoms with E-state index in [9.17, 15) is 9.59 Å². The van der Waals surface area contributed by atoms with Gasteiger partial charge in [-0.15, -0.1) is 0 Å². The predicted molar refractivity (Wildman–Crippen MR) is 72.6 cm³/mol. The number of H-pyrrole nitrogens is 1. The lowest BCUT2D eigenvalue weighted by molar-refractivity contribution is 0.0592. The molecule has 3 heterocycles. The van der Waals surface area contributed by atoms with Gasteiger partial charge in [0.15, 0.2) is 5.69 Å². The number of pyridine rings is 1. The first-order chi connectivity index (χ1) is 10.2. The van der Waals surface area contributed by atoms with Gasteiger partial charge in [-0.05, 0) is 18.6 Å². The second kappa shape index (κ2) is 5.35. The number of rotatable bonds is 2. The molecule has 3 rings (SSSR count). The Kier molecular flexibility index (Phi) is 3.39. The summed E-state index contributed by atoms with van der Waals surface area (Å²) >= 11 is 0. The molecular formula is C14H14N4O3. The van der Waals surface area contributed by atoms with Crippen LogP contribution in [-0.4, -0.2) is 45.6 Å². The summed E-state index contributed by atoms with van der Waals surface area (Å²) in [5.74, 6) is -0.515. The number of carbonyl (C=O) groups excluding carboxylic acids is 2. The maximum Gasteiger partial charge on any atom is 0.358 e. The lowest BCUT2D eigenvalue weighted by Crippen LogP contribution is -2.36. The first kappa shape index (κ1) is 13.3. The van der Waals surface area contributed by atoms with E-state index in [1.165, 1.54) is 7.11 Å². The smallest absolute Gasteiger partial charge is 0.358 e. The van der Waals surface area contributed by atoms with Crippen molar-refractivity contribution in [3.63, 3.8) is 0 Å². The van der Waals surface area contributed by atoms with Crippen LogP contribution >= 0.6 is 0 Å². The van der Waals surface area contributed by atoms with Gasteiger partial charge < -0.3 is 9.64 Å². The van der Waals surface area contributed by atoms with Crippen LogP contribution in [0.1, 0.15) is 32.1 Å². The van der Waals surface area contributed by atoms with Crippen molar-refractivity contribution in [2.24, 2.45) is 0 Å². The molecule has 0 saturated heterocycles. The highest BCUT2D eigenvalue weighted by Gasteiger charge is 2.28. The summed E-state index contributed by atoms with van der Waals surface area (Å²) in [5.41, 5.74) is 2.52. The van der Waals surface area contributed by atoms with Gasteiger partial charge in [0.25, 0.3) is 5.91 Å². The summed E-state index contributed by atoms with van der Waals surface area (Å²) in [6.07, 6.45) is 3.76. The quantitative estimate of drug-likeness (QED) is 0.825. The van der Waals surface area contributed by atoms with Crippen LogP contribution in [0.2, 0.25) is 0 Å². The van der Waals surface area contributed by atoms with Gasteiger partial charge in [-0.25, -0.2) is 4.79 Å². The Hall–Kier alpha value is -2.70. The highest BCUT2D eigenvalue weighted by molar-refractivity contribution is 5.94. The van der Waals surface area contributed by atoms with Crippen molar-refractivity contribution < 1.29 is 14.3 Å². The van der Waals surface area contributed by atoms with Gasteiger partial charge in [0, 0.05) is 30.1 Å². The van der Waals surface area contributed by atoms with Crippen LogP contribution in [0.25, 0.3) is 0 Å². The zero-order valence-corrected chi connectivity index (χ0v) is 11.5. The molecular weight excluding hydrogens is 272 g/mol. The molecule has 0 atom stereocenters. The minimum atomic E-state index is -0.457. The fourth-order valence-electron chi connectivity index (χ4n) is 2.43. The highest BCUT2D eigenvalue weighted by atomic mass is 16.5. The molecule has 0 aromatic carbocycles. The Balaban J connectivity index is 1.81. The Morgan fingerprint density at radius 3 is 2.81 bits per heavy atom. The maximum atomic E-state index is 12.4. The Labute approximate surface area is 120 Å². The van der Waals surface area contributed by atoms with Crippen LogP contribution in [0, 0.1) is 0 Å². The monoisotopic (exact) mass is 286 g/mol. The van der Waals surface area contributed by atoms with Crippen molar-refractivity contribution in [1.29, 1.82) is 0 Å². The number of aromatic amines is 1. The zero-order chi connectivity index (χ0) is 14.8. The average molecular weight is 286 g/mol. The molecule has 0 aliphatic carbocycles. The molecule has 2 aromatic heterocycles. The van der Waals surface area contributed by atoms with E-state index in [1.54, 1.807) is 29.4 Å². The maximum absolute atomic E-state index is 12.4. The zero-order valence-electron chi connectivity index (χ0n) is 11.5. The normalized spacial score (nSPS) is 13.7. The van der Waals surface area contributed by atoms with E-state index in [0.717, 1.165) is 11.3 Å². The molecule has 0 unspecified atom stereocenters. The lowest BCUT2D eigenvalue weighted by atomic mass is 10.0. The number of ether oxygens (including phenoxy) is 1. The van der Waals surface area contributed by atoms with Crippen LogP contribution in [0.3, 0.4) is 0 Å². The van der Waals surface area contributed by atoms with E-state index in [0.29, 0.717) is 30.8 Å². The third kappa shape index (κ3) is 2.37. The SMILES string of the molecule is COC(=O)c1n[nH]c2c1CCN(C(=O)c1ccncc1)C2. The van der Waals surface area contributed by atoms with Gasteiger partial charge >= 0.3 is 5.97 Å². The van der Waals surface area contributed by atoms with E-state index in [4.69, 9.17) is 4.74 Å². The predicted octanol–water partition coefficient (Wildman–Crippen LogP) is 0.790. The molecule has 1 N–H and O–H groups in total. The van der Waals surface area contributed by atoms with Crippen molar-refractivity contribution >= 4 is 11.9 Å². The van der Waals surface area contributed by atoms with E-state index in [1.807, 2.05) is 0 Å². The van der Waals surface area contributed by atoms with Crippen molar-refractivity contribution in [2.75, 3.05) is 13.7 Å². The van der Waals surface area contributed by atoms with Crippen molar-refractivity contribution in [3.8, 4) is 0 Å². The third-order valence-corrected chi connectivity index (χ3v) is 3.53. The molecule has 0 bridgehead atoms. The first-order valence-corrected chi connectivity index (χ1v) is 6.54. The van der Waals surface area contributed by atoms with Crippen LogP contribution in [0.15, 0.2) is 24.5 Å². The fraction of sp³-hybridized carbons (Fsp3) is 0.286. The summed E-state index contributed by atoms with van der Waals surface area (Å²) in [4.78, 5) is 29.6. The molecule has 0 spiro atoms. The minimum absolute atomic E-state index is 0.0581. The standard InChI is InChI=1S/C14H14N4O3/c1-21-14(20)12-10-4-7-18(8-11(10)16-17-12)13(19)9-2-5-15-6-3-9/h2-3,5-6H,4,7-8H2,1H3,(H,16,17). The number of fused-ring (bicyclic) bond motifs is 1. The summed E-state index contributed by atoms with van der Waals surface area (Å²) in [6.45, 7) is 0.943. The molecule has 0 radical (unpaired) electrons. The number of nitrogens with zero attached hydrogens (tertiary/aromatic N) is 3. The van der Waals surface area contributed by atoms with Gasteiger partial charge in [0.05, 0.1) is 19.3 Å². The van der Waals surface area contributed by atoms with Crippen molar-refractivity contribution in [2.45, 2.75) is 13.0 Å². The van der Waals surface area contributed by atoms with Gasteiger partial charge in [-0.2, -0.15) is 5.10 Å². The second-order valence-electron chi connectivity index (χ2n) is 4.73. The number of nitrogens with one attached hydrogen (secondary N) is 1. The van der Waals surface area contributed by atoms with Crippen molar-refractivity contribution in [3.05, 3.63) is 47.0 Å². The highest BCUT2D eigenvalue weighted by Crippen LogP contribution is 2.22. The second-order valence-corrected chi connectivity index (χ2v) is 4.73. The summed E-state index contributed by atoms with van der Waals surface area (Å²) < 4.78 is 4.70. The summed E-state index contributed by atoms with van der Waals surface area (Å²) in [6, 6.07) is 3.37. The summed E-state index contributed by atoms with van der Waals surface area (Å²) in [5, 5.41) is 6.81. The molecule has 0 fully saturated rings. The van der Waals surface area contributed by atoms with Crippen LogP contribution in [0.5, 0.6) is 0 Å². The molecule has 7 heteroatoms. The minimum Gasteiger partial charge on any atom is -0.464 e. The molecule has 21 heavy (non-hydrogen) atoms. The number of aromatic nitrogens is 3. The molecule has 1 aliphatic rings. The van der Waals surface area contributed by atoms with Gasteiger partial charge in [-0.3, -0.25) is 14.9 Å². The number of amides is 1. The van der Waals surface area contributed by atoms with E-state index in [-0.39, 0.29) is 5.91 Å². The molecule has 1 aliphatic heterocycles. The van der Waals surface area contributed by atoms with Crippen LogP contribution in [0.4, 0.5) is 0 Å². The van der Waals surface area contributed by atoms with Gasteiger partial charge in [0.1, 0.15) is 0 Å². The first-order valence-electron chi connectivity index (χ1n) is 6.54. The fourth-order valence-corrected chi connectivity index (χ4v) is 2.43. The number of carbonyl (C=O) groups is 2. The van der Waals surface area contributed by atoms with E-state index >= 15 is 0 Å². The number of esters is 1.